The summed E-state index contributed by atoms with van der Waals surface area (Å²) in [6, 6.07) is 12.6. The van der Waals surface area contributed by atoms with Crippen LogP contribution in [-0.2, 0) is 16.6 Å². The van der Waals surface area contributed by atoms with E-state index in [1.54, 1.807) is 0 Å². The number of pyridine rings is 3. The van der Waals surface area contributed by atoms with E-state index < -0.39 is 0 Å². The van der Waals surface area contributed by atoms with Crippen molar-refractivity contribution in [3.8, 4) is 11.4 Å². The highest BCUT2D eigenvalue weighted by molar-refractivity contribution is 5.75. The fraction of sp³-hybridized carbons (Fsp3) is 0.286. The van der Waals surface area contributed by atoms with Crippen molar-refractivity contribution in [1.29, 1.82) is 0 Å². The van der Waals surface area contributed by atoms with Crippen molar-refractivity contribution in [1.82, 2.24) is 15.0 Å². The topological polar surface area (TPSA) is 47.9 Å². The zero-order valence-corrected chi connectivity index (χ0v) is 14.4. The molecule has 0 bridgehead atoms. The van der Waals surface area contributed by atoms with Gasteiger partial charge in [-0.05, 0) is 60.7 Å². The molecular formula is C21H21N3O. The van der Waals surface area contributed by atoms with Crippen LogP contribution in [0.4, 0.5) is 0 Å². The Morgan fingerprint density at radius 2 is 1.52 bits per heavy atom. The first kappa shape index (κ1) is 15.9. The molecule has 0 amide bonds. The second kappa shape index (κ2) is 6.73. The monoisotopic (exact) mass is 331 g/mol. The summed E-state index contributed by atoms with van der Waals surface area (Å²) >= 11 is 0. The first-order valence-electron chi connectivity index (χ1n) is 8.73. The van der Waals surface area contributed by atoms with E-state index in [4.69, 9.17) is 4.74 Å². The maximum absolute atomic E-state index is 5.74. The first-order chi connectivity index (χ1) is 12.3. The number of rotatable bonds is 6. The van der Waals surface area contributed by atoms with Gasteiger partial charge >= 0.3 is 0 Å². The maximum Gasteiger partial charge on any atom is 0.0930 e. The maximum atomic E-state index is 5.74. The molecule has 126 valence electrons. The van der Waals surface area contributed by atoms with E-state index in [9.17, 15) is 0 Å². The van der Waals surface area contributed by atoms with Crippen LogP contribution in [0.25, 0.3) is 11.4 Å². The minimum absolute atomic E-state index is 0.163. The van der Waals surface area contributed by atoms with Crippen molar-refractivity contribution in [3.05, 3.63) is 77.9 Å². The number of fused-ring (bicyclic) bond motifs is 3. The molecule has 0 saturated carbocycles. The van der Waals surface area contributed by atoms with Crippen LogP contribution in [-0.4, -0.2) is 28.2 Å². The summed E-state index contributed by atoms with van der Waals surface area (Å²) in [4.78, 5) is 13.5. The molecule has 0 spiro atoms. The summed E-state index contributed by atoms with van der Waals surface area (Å²) in [6.07, 6.45) is 9.20. The third kappa shape index (κ3) is 2.72. The largest absolute Gasteiger partial charge is 0.382 e. The van der Waals surface area contributed by atoms with E-state index in [1.165, 1.54) is 16.7 Å². The minimum atomic E-state index is -0.163. The van der Waals surface area contributed by atoms with Crippen LogP contribution < -0.4 is 0 Å². The second-order valence-corrected chi connectivity index (χ2v) is 6.36. The predicted molar refractivity (Wildman–Crippen MR) is 97.3 cm³/mol. The van der Waals surface area contributed by atoms with Crippen molar-refractivity contribution in [3.63, 3.8) is 0 Å². The fourth-order valence-corrected chi connectivity index (χ4v) is 3.89. The zero-order chi connectivity index (χ0) is 17.1. The molecule has 0 aromatic carbocycles. The number of hydrogen-bond acceptors (Lipinski definition) is 4. The molecule has 0 N–H and O–H groups in total. The molecule has 0 radical (unpaired) electrons. The molecule has 0 fully saturated rings. The van der Waals surface area contributed by atoms with Crippen molar-refractivity contribution in [2.75, 3.05) is 13.2 Å². The summed E-state index contributed by atoms with van der Waals surface area (Å²) in [7, 11) is 0. The standard InChI is InChI=1S/C21H21N3O/c1-2-25-14-9-21(15-16-7-12-22-13-8-16)17-5-3-10-23-19(17)20-18(21)6-4-11-24-20/h3-8,10-13H,2,9,14-15H2,1H3. The van der Waals surface area contributed by atoms with Gasteiger partial charge in [-0.1, -0.05) is 12.1 Å². The highest BCUT2D eigenvalue weighted by Gasteiger charge is 2.44. The van der Waals surface area contributed by atoms with Gasteiger partial charge in [0, 0.05) is 43.4 Å². The third-order valence-corrected chi connectivity index (χ3v) is 5.00. The Balaban J connectivity index is 1.87. The highest BCUT2D eigenvalue weighted by Crippen LogP contribution is 2.50. The molecule has 25 heavy (non-hydrogen) atoms. The molecule has 3 aromatic rings. The van der Waals surface area contributed by atoms with Gasteiger partial charge in [-0.25, -0.2) is 0 Å². The molecule has 1 aliphatic carbocycles. The van der Waals surface area contributed by atoms with Gasteiger partial charge in [0.15, 0.2) is 0 Å². The van der Waals surface area contributed by atoms with Gasteiger partial charge in [-0.2, -0.15) is 0 Å². The molecule has 0 saturated heterocycles. The van der Waals surface area contributed by atoms with E-state index in [1.807, 2.05) is 43.8 Å². The normalized spacial score (nSPS) is 14.1. The lowest BCUT2D eigenvalue weighted by molar-refractivity contribution is 0.131. The number of nitrogens with zero attached hydrogens (tertiary/aromatic N) is 3. The molecule has 4 nitrogen and oxygen atoms in total. The molecule has 3 aromatic heterocycles. The van der Waals surface area contributed by atoms with E-state index in [0.717, 1.165) is 30.8 Å². The van der Waals surface area contributed by atoms with E-state index in [-0.39, 0.29) is 5.41 Å². The Morgan fingerprint density at radius 1 is 0.880 bits per heavy atom. The summed E-state index contributed by atoms with van der Waals surface area (Å²) in [5, 5.41) is 0. The Labute approximate surface area is 148 Å². The first-order valence-corrected chi connectivity index (χ1v) is 8.73. The third-order valence-electron chi connectivity index (χ3n) is 5.00. The van der Waals surface area contributed by atoms with Gasteiger partial charge in [0.2, 0.25) is 0 Å². The predicted octanol–water partition coefficient (Wildman–Crippen LogP) is 3.81. The molecule has 0 aliphatic heterocycles. The van der Waals surface area contributed by atoms with Crippen LogP contribution >= 0.6 is 0 Å². The molecule has 3 heterocycles. The van der Waals surface area contributed by atoms with Gasteiger partial charge in [-0.3, -0.25) is 15.0 Å². The van der Waals surface area contributed by atoms with Crippen LogP contribution in [0.3, 0.4) is 0 Å². The minimum Gasteiger partial charge on any atom is -0.382 e. The van der Waals surface area contributed by atoms with E-state index in [2.05, 4.69) is 39.2 Å². The lowest BCUT2D eigenvalue weighted by Crippen LogP contribution is -2.30. The van der Waals surface area contributed by atoms with Crippen molar-refractivity contribution >= 4 is 0 Å². The summed E-state index contributed by atoms with van der Waals surface area (Å²) in [5.41, 5.74) is 5.61. The zero-order valence-electron chi connectivity index (χ0n) is 14.4. The Hall–Kier alpha value is -2.59. The van der Waals surface area contributed by atoms with Crippen molar-refractivity contribution in [2.45, 2.75) is 25.2 Å². The molecule has 0 unspecified atom stereocenters. The van der Waals surface area contributed by atoms with Crippen LogP contribution in [0.5, 0.6) is 0 Å². The Bertz CT molecular complexity index is 818. The molecule has 0 atom stereocenters. The Morgan fingerprint density at radius 3 is 2.12 bits per heavy atom. The van der Waals surface area contributed by atoms with Gasteiger partial charge < -0.3 is 4.74 Å². The van der Waals surface area contributed by atoms with Crippen LogP contribution in [0.2, 0.25) is 0 Å². The summed E-state index contributed by atoms with van der Waals surface area (Å²) in [5.74, 6) is 0. The Kier molecular flexibility index (Phi) is 4.28. The van der Waals surface area contributed by atoms with Crippen LogP contribution in [0, 0.1) is 0 Å². The SMILES string of the molecule is CCOCCC1(Cc2ccncc2)c2cccnc2-c2ncccc21. The average molecular weight is 331 g/mol. The fourth-order valence-electron chi connectivity index (χ4n) is 3.89. The number of ether oxygens (including phenoxy) is 1. The molecule has 1 aliphatic rings. The molecule has 4 heteroatoms. The van der Waals surface area contributed by atoms with Gasteiger partial charge in [0.25, 0.3) is 0 Å². The van der Waals surface area contributed by atoms with Gasteiger partial charge in [0.1, 0.15) is 0 Å². The van der Waals surface area contributed by atoms with Crippen LogP contribution in [0.15, 0.2) is 61.2 Å². The highest BCUT2D eigenvalue weighted by atomic mass is 16.5. The van der Waals surface area contributed by atoms with Gasteiger partial charge in [-0.15, -0.1) is 0 Å². The van der Waals surface area contributed by atoms with Crippen LogP contribution in [0.1, 0.15) is 30.0 Å². The molecule has 4 rings (SSSR count). The molecular weight excluding hydrogens is 310 g/mol. The van der Waals surface area contributed by atoms with Crippen molar-refractivity contribution in [2.24, 2.45) is 0 Å². The summed E-state index contributed by atoms with van der Waals surface area (Å²) in [6.45, 7) is 3.48. The summed E-state index contributed by atoms with van der Waals surface area (Å²) < 4.78 is 5.74. The second-order valence-electron chi connectivity index (χ2n) is 6.36. The quantitative estimate of drug-likeness (QED) is 0.645. The van der Waals surface area contributed by atoms with Crippen molar-refractivity contribution < 1.29 is 4.74 Å². The lowest BCUT2D eigenvalue weighted by atomic mass is 9.72. The smallest absolute Gasteiger partial charge is 0.0930 e. The van der Waals surface area contributed by atoms with E-state index in [0.29, 0.717) is 6.61 Å². The van der Waals surface area contributed by atoms with Gasteiger partial charge in [0.05, 0.1) is 11.4 Å². The lowest BCUT2D eigenvalue weighted by Gasteiger charge is -2.32. The average Bonchev–Trinajstić information content (AvgIpc) is 2.94. The van der Waals surface area contributed by atoms with E-state index >= 15 is 0 Å². The number of hydrogen-bond donors (Lipinski definition) is 0. The number of aromatic nitrogens is 3.